The van der Waals surface area contributed by atoms with Crippen molar-refractivity contribution in [2.24, 2.45) is 5.73 Å². The van der Waals surface area contributed by atoms with E-state index in [9.17, 15) is 4.79 Å². The van der Waals surface area contributed by atoms with Crippen LogP contribution in [0.2, 0.25) is 0 Å². The number of nitrogens with zero attached hydrogens (tertiary/aromatic N) is 2. The molecule has 70 valence electrons. The number of nitrogens with one attached hydrogen (secondary N) is 1. The van der Waals surface area contributed by atoms with Crippen molar-refractivity contribution in [2.45, 2.75) is 19.9 Å². The second-order valence-corrected chi connectivity index (χ2v) is 2.69. The van der Waals surface area contributed by atoms with Crippen LogP contribution in [-0.4, -0.2) is 15.6 Å². The quantitative estimate of drug-likeness (QED) is 0.504. The Morgan fingerprint density at radius 2 is 2.38 bits per heavy atom. The van der Waals surface area contributed by atoms with Gasteiger partial charge in [-0.05, 0) is 12.5 Å². The molecule has 1 aromatic heterocycles. The van der Waals surface area contributed by atoms with Gasteiger partial charge in [-0.3, -0.25) is 10.2 Å². The number of aromatic nitrogens is 2. The zero-order chi connectivity index (χ0) is 9.84. The minimum atomic E-state index is -0.160. The average molecular weight is 180 g/mol. The van der Waals surface area contributed by atoms with E-state index in [4.69, 9.17) is 11.1 Å². The Morgan fingerprint density at radius 1 is 1.69 bits per heavy atom. The lowest BCUT2D eigenvalue weighted by Gasteiger charge is -2.03. The molecule has 5 heteroatoms. The molecule has 1 aromatic rings. The molecule has 3 N–H and O–H groups in total. The van der Waals surface area contributed by atoms with Crippen LogP contribution >= 0.6 is 0 Å². The molecule has 0 aliphatic rings. The molecule has 0 aromatic carbocycles. The lowest BCUT2D eigenvalue weighted by molar-refractivity contribution is 0.565. The number of hydrogen-bond donors (Lipinski definition) is 2. The van der Waals surface area contributed by atoms with Gasteiger partial charge in [-0.2, -0.15) is 5.10 Å². The molecule has 0 fully saturated rings. The predicted octanol–water partition coefficient (Wildman–Crippen LogP) is -0.0626. The van der Waals surface area contributed by atoms with Crippen molar-refractivity contribution in [3.8, 4) is 0 Å². The van der Waals surface area contributed by atoms with Crippen molar-refractivity contribution < 1.29 is 0 Å². The highest BCUT2D eigenvalue weighted by atomic mass is 16.1. The molecule has 1 heterocycles. The number of hydrogen-bond acceptors (Lipinski definition) is 3. The number of aryl methyl sites for hydroxylation is 1. The van der Waals surface area contributed by atoms with Gasteiger partial charge in [-0.1, -0.05) is 6.92 Å². The van der Waals surface area contributed by atoms with Crippen molar-refractivity contribution in [3.05, 3.63) is 28.2 Å². The van der Waals surface area contributed by atoms with Crippen LogP contribution in [0.3, 0.4) is 0 Å². The van der Waals surface area contributed by atoms with Gasteiger partial charge in [-0.25, -0.2) is 4.68 Å². The SMILES string of the molecule is CCCn1nc(C(=N)N)ccc1=O. The standard InChI is InChI=1S/C8H12N4O/c1-2-5-12-7(13)4-3-6(11-12)8(9)10/h3-4H,2,5H2,1H3,(H3,9,10). The number of amidine groups is 1. The molecule has 0 amide bonds. The van der Waals surface area contributed by atoms with E-state index in [1.165, 1.54) is 16.8 Å². The second kappa shape index (κ2) is 3.84. The molecule has 0 bridgehead atoms. The molecule has 5 nitrogen and oxygen atoms in total. The number of nitrogen functional groups attached to an aromatic ring is 1. The Balaban J connectivity index is 3.11. The van der Waals surface area contributed by atoms with Crippen LogP contribution in [0, 0.1) is 5.41 Å². The van der Waals surface area contributed by atoms with Crippen LogP contribution < -0.4 is 11.3 Å². The molecule has 0 saturated heterocycles. The van der Waals surface area contributed by atoms with E-state index < -0.39 is 0 Å². The van der Waals surface area contributed by atoms with Crippen molar-refractivity contribution in [1.29, 1.82) is 5.41 Å². The van der Waals surface area contributed by atoms with Crippen LogP contribution in [0.5, 0.6) is 0 Å². The van der Waals surface area contributed by atoms with E-state index in [-0.39, 0.29) is 11.4 Å². The Bertz CT molecular complexity index is 369. The van der Waals surface area contributed by atoms with Gasteiger partial charge < -0.3 is 5.73 Å². The van der Waals surface area contributed by atoms with Crippen molar-refractivity contribution in [2.75, 3.05) is 0 Å². The van der Waals surface area contributed by atoms with E-state index in [2.05, 4.69) is 5.10 Å². The summed E-state index contributed by atoms with van der Waals surface area (Å²) >= 11 is 0. The minimum absolute atomic E-state index is 0.121. The van der Waals surface area contributed by atoms with Gasteiger partial charge in [-0.15, -0.1) is 0 Å². The summed E-state index contributed by atoms with van der Waals surface area (Å²) in [5.74, 6) is -0.121. The largest absolute Gasteiger partial charge is 0.382 e. The smallest absolute Gasteiger partial charge is 0.266 e. The Kier molecular flexibility index (Phi) is 2.79. The molecular weight excluding hydrogens is 168 g/mol. The van der Waals surface area contributed by atoms with Gasteiger partial charge in [0.25, 0.3) is 5.56 Å². The maximum atomic E-state index is 11.2. The van der Waals surface area contributed by atoms with Crippen LogP contribution in [0.1, 0.15) is 19.0 Å². The third-order valence-corrected chi connectivity index (χ3v) is 1.58. The third kappa shape index (κ3) is 2.14. The summed E-state index contributed by atoms with van der Waals surface area (Å²) in [5.41, 5.74) is 5.41. The van der Waals surface area contributed by atoms with Crippen LogP contribution in [0.4, 0.5) is 0 Å². The normalized spacial score (nSPS) is 9.92. The molecule has 0 aliphatic carbocycles. The molecule has 0 spiro atoms. The molecule has 0 saturated carbocycles. The summed E-state index contributed by atoms with van der Waals surface area (Å²) in [7, 11) is 0. The summed E-state index contributed by atoms with van der Waals surface area (Å²) < 4.78 is 1.32. The molecule has 1 rings (SSSR count). The zero-order valence-corrected chi connectivity index (χ0v) is 7.45. The maximum absolute atomic E-state index is 11.2. The summed E-state index contributed by atoms with van der Waals surface area (Å²) in [5, 5.41) is 11.1. The Hall–Kier alpha value is -1.65. The number of nitrogens with two attached hydrogens (primary N) is 1. The first kappa shape index (κ1) is 9.44. The summed E-state index contributed by atoms with van der Waals surface area (Å²) in [6.07, 6.45) is 0.828. The van der Waals surface area contributed by atoms with Gasteiger partial charge in [0, 0.05) is 12.6 Å². The van der Waals surface area contributed by atoms with Gasteiger partial charge in [0.1, 0.15) is 11.5 Å². The summed E-state index contributed by atoms with van der Waals surface area (Å²) in [6, 6.07) is 2.83. The first-order chi connectivity index (χ1) is 6.15. The monoisotopic (exact) mass is 180 g/mol. The first-order valence-electron chi connectivity index (χ1n) is 4.07. The van der Waals surface area contributed by atoms with Crippen molar-refractivity contribution in [3.63, 3.8) is 0 Å². The summed E-state index contributed by atoms with van der Waals surface area (Å²) in [4.78, 5) is 11.2. The van der Waals surface area contributed by atoms with Gasteiger partial charge in [0.2, 0.25) is 0 Å². The van der Waals surface area contributed by atoms with E-state index in [1.54, 1.807) is 0 Å². The maximum Gasteiger partial charge on any atom is 0.266 e. The van der Waals surface area contributed by atoms with Gasteiger partial charge >= 0.3 is 0 Å². The lowest BCUT2D eigenvalue weighted by Crippen LogP contribution is -2.26. The van der Waals surface area contributed by atoms with Crippen LogP contribution in [0.25, 0.3) is 0 Å². The molecule has 13 heavy (non-hydrogen) atoms. The van der Waals surface area contributed by atoms with Crippen LogP contribution in [-0.2, 0) is 6.54 Å². The first-order valence-corrected chi connectivity index (χ1v) is 4.07. The molecule has 0 radical (unpaired) electrons. The topological polar surface area (TPSA) is 84.8 Å². The fourth-order valence-corrected chi connectivity index (χ4v) is 0.965. The highest BCUT2D eigenvalue weighted by Crippen LogP contribution is 1.89. The van der Waals surface area contributed by atoms with Gasteiger partial charge in [0.05, 0.1) is 0 Å². The van der Waals surface area contributed by atoms with Crippen molar-refractivity contribution >= 4 is 5.84 Å². The lowest BCUT2D eigenvalue weighted by atomic mass is 10.3. The second-order valence-electron chi connectivity index (χ2n) is 2.69. The van der Waals surface area contributed by atoms with E-state index >= 15 is 0 Å². The van der Waals surface area contributed by atoms with E-state index in [0.29, 0.717) is 12.2 Å². The van der Waals surface area contributed by atoms with Gasteiger partial charge in [0.15, 0.2) is 0 Å². The third-order valence-electron chi connectivity index (χ3n) is 1.58. The summed E-state index contributed by atoms with van der Waals surface area (Å²) in [6.45, 7) is 2.51. The zero-order valence-electron chi connectivity index (χ0n) is 7.45. The Morgan fingerprint density at radius 3 is 2.92 bits per heavy atom. The van der Waals surface area contributed by atoms with E-state index in [1.807, 2.05) is 6.92 Å². The minimum Gasteiger partial charge on any atom is -0.382 e. The fourth-order valence-electron chi connectivity index (χ4n) is 0.965. The average Bonchev–Trinajstić information content (AvgIpc) is 2.08. The fraction of sp³-hybridized carbons (Fsp3) is 0.375. The Labute approximate surface area is 75.7 Å². The molecular formula is C8H12N4O. The molecule has 0 unspecified atom stereocenters. The highest BCUT2D eigenvalue weighted by Gasteiger charge is 2.01. The molecule has 0 aliphatic heterocycles. The molecule has 0 atom stereocenters. The highest BCUT2D eigenvalue weighted by molar-refractivity contribution is 5.92. The van der Waals surface area contributed by atoms with Crippen molar-refractivity contribution in [1.82, 2.24) is 9.78 Å². The van der Waals surface area contributed by atoms with Crippen LogP contribution in [0.15, 0.2) is 16.9 Å². The van der Waals surface area contributed by atoms with E-state index in [0.717, 1.165) is 6.42 Å². The number of rotatable bonds is 3. The predicted molar refractivity (Wildman–Crippen MR) is 49.8 cm³/mol.